The molecule has 0 aliphatic carbocycles. The van der Waals surface area contributed by atoms with Gasteiger partial charge in [0.25, 0.3) is 0 Å². The fourth-order valence-corrected chi connectivity index (χ4v) is 3.10. The Balaban J connectivity index is 2.19. The van der Waals surface area contributed by atoms with Crippen molar-refractivity contribution in [2.45, 2.75) is 0 Å². The summed E-state index contributed by atoms with van der Waals surface area (Å²) in [7, 11) is -1.27. The van der Waals surface area contributed by atoms with Crippen molar-refractivity contribution in [3.8, 4) is 5.75 Å². The molecule has 0 saturated carbocycles. The van der Waals surface area contributed by atoms with Crippen LogP contribution in [0.5, 0.6) is 5.75 Å². The van der Waals surface area contributed by atoms with Gasteiger partial charge in [-0.3, -0.25) is 0 Å². The maximum absolute atomic E-state index is 11.3. The van der Waals surface area contributed by atoms with E-state index in [-0.39, 0.29) is 11.5 Å². The molecule has 0 atom stereocenters. The van der Waals surface area contributed by atoms with E-state index < -0.39 is 9.84 Å². The lowest BCUT2D eigenvalue weighted by Gasteiger charge is -2.29. The van der Waals surface area contributed by atoms with Gasteiger partial charge in [-0.2, -0.15) is 0 Å². The maximum Gasteiger partial charge on any atom is 0.153 e. The van der Waals surface area contributed by atoms with Gasteiger partial charge in [0.05, 0.1) is 30.0 Å². The van der Waals surface area contributed by atoms with Crippen LogP contribution in [0.15, 0.2) is 18.2 Å². The van der Waals surface area contributed by atoms with E-state index in [1.807, 2.05) is 17.0 Å². The van der Waals surface area contributed by atoms with Gasteiger partial charge in [0, 0.05) is 19.2 Å². The molecule has 0 unspecified atom stereocenters. The number of hydrogen-bond acceptors (Lipinski definition) is 5. The lowest BCUT2D eigenvalue weighted by Crippen LogP contribution is -2.40. The Hall–Kier alpha value is -1.43. The van der Waals surface area contributed by atoms with Gasteiger partial charge in [-0.25, -0.2) is 8.42 Å². The zero-order valence-corrected chi connectivity index (χ0v) is 10.5. The third-order valence-corrected chi connectivity index (χ3v) is 4.53. The van der Waals surface area contributed by atoms with Crippen molar-refractivity contribution in [1.82, 2.24) is 0 Å². The van der Waals surface area contributed by atoms with Crippen LogP contribution in [-0.4, -0.2) is 40.1 Å². The summed E-state index contributed by atoms with van der Waals surface area (Å²) in [5, 5.41) is 0. The molecule has 94 valence electrons. The lowest BCUT2D eigenvalue weighted by atomic mass is 10.2. The normalized spacial score (nSPS) is 19.0. The summed E-state index contributed by atoms with van der Waals surface area (Å²) in [5.74, 6) is 1.09. The highest BCUT2D eigenvalue weighted by molar-refractivity contribution is 7.91. The molecule has 17 heavy (non-hydrogen) atoms. The van der Waals surface area contributed by atoms with Crippen molar-refractivity contribution >= 4 is 21.2 Å². The lowest BCUT2D eigenvalue weighted by molar-refractivity contribution is 0.415. The molecule has 1 saturated heterocycles. The molecule has 2 N–H and O–H groups in total. The second-order valence-corrected chi connectivity index (χ2v) is 6.37. The van der Waals surface area contributed by atoms with Gasteiger partial charge in [-0.1, -0.05) is 0 Å². The number of methoxy groups -OCH3 is 1. The Morgan fingerprint density at radius 3 is 2.47 bits per heavy atom. The molecule has 5 nitrogen and oxygen atoms in total. The molecule has 1 heterocycles. The third kappa shape index (κ3) is 2.63. The molecular formula is C11H16N2O3S. The van der Waals surface area contributed by atoms with Crippen LogP contribution in [0.25, 0.3) is 0 Å². The van der Waals surface area contributed by atoms with Crippen LogP contribution in [-0.2, 0) is 9.84 Å². The van der Waals surface area contributed by atoms with Crippen LogP contribution in [0.1, 0.15) is 0 Å². The Labute approximate surface area is 101 Å². The number of rotatable bonds is 2. The van der Waals surface area contributed by atoms with E-state index in [2.05, 4.69) is 0 Å². The van der Waals surface area contributed by atoms with Crippen molar-refractivity contribution in [3.63, 3.8) is 0 Å². The van der Waals surface area contributed by atoms with Gasteiger partial charge >= 0.3 is 0 Å². The van der Waals surface area contributed by atoms with E-state index in [4.69, 9.17) is 10.5 Å². The number of benzene rings is 1. The average molecular weight is 256 g/mol. The van der Waals surface area contributed by atoms with Gasteiger partial charge < -0.3 is 15.4 Å². The van der Waals surface area contributed by atoms with Gasteiger partial charge in [0.2, 0.25) is 0 Å². The molecule has 0 aromatic heterocycles. The molecule has 2 rings (SSSR count). The summed E-state index contributed by atoms with van der Waals surface area (Å²) < 4.78 is 27.7. The first-order valence-corrected chi connectivity index (χ1v) is 7.23. The molecule has 0 spiro atoms. The quantitative estimate of drug-likeness (QED) is 0.781. The Morgan fingerprint density at radius 2 is 1.94 bits per heavy atom. The molecule has 1 aliphatic heterocycles. The van der Waals surface area contributed by atoms with E-state index in [1.54, 1.807) is 13.2 Å². The van der Waals surface area contributed by atoms with E-state index in [1.165, 1.54) is 0 Å². The molecular weight excluding hydrogens is 240 g/mol. The van der Waals surface area contributed by atoms with Crippen molar-refractivity contribution in [3.05, 3.63) is 18.2 Å². The predicted octanol–water partition coefficient (Wildman–Crippen LogP) is 0.512. The van der Waals surface area contributed by atoms with Crippen LogP contribution in [0.2, 0.25) is 0 Å². The molecule has 0 bridgehead atoms. The number of ether oxygens (including phenoxy) is 1. The summed E-state index contributed by atoms with van der Waals surface area (Å²) in [6.45, 7) is 0.998. The number of hydrogen-bond donors (Lipinski definition) is 1. The Bertz CT molecular complexity index is 499. The van der Waals surface area contributed by atoms with E-state index in [0.717, 1.165) is 5.69 Å². The van der Waals surface area contributed by atoms with Gasteiger partial charge in [-0.15, -0.1) is 0 Å². The van der Waals surface area contributed by atoms with E-state index in [0.29, 0.717) is 24.5 Å². The molecule has 1 fully saturated rings. The first-order chi connectivity index (χ1) is 8.02. The minimum Gasteiger partial charge on any atom is -0.497 e. The molecule has 1 aromatic rings. The third-order valence-electron chi connectivity index (χ3n) is 2.92. The van der Waals surface area contributed by atoms with Crippen LogP contribution >= 0.6 is 0 Å². The Kier molecular flexibility index (Phi) is 3.15. The topological polar surface area (TPSA) is 72.6 Å². The van der Waals surface area contributed by atoms with Crippen molar-refractivity contribution in [2.24, 2.45) is 0 Å². The SMILES string of the molecule is COc1ccc(N2CCS(=O)(=O)CC2)c(N)c1. The maximum atomic E-state index is 11.3. The monoisotopic (exact) mass is 256 g/mol. The number of sulfone groups is 1. The smallest absolute Gasteiger partial charge is 0.153 e. The minimum atomic E-state index is -2.86. The van der Waals surface area contributed by atoms with E-state index in [9.17, 15) is 8.42 Å². The van der Waals surface area contributed by atoms with Gasteiger partial charge in [0.1, 0.15) is 5.75 Å². The average Bonchev–Trinajstić information content (AvgIpc) is 2.29. The zero-order chi connectivity index (χ0) is 12.5. The van der Waals surface area contributed by atoms with Crippen LogP contribution in [0.4, 0.5) is 11.4 Å². The highest BCUT2D eigenvalue weighted by atomic mass is 32.2. The highest BCUT2D eigenvalue weighted by Crippen LogP contribution is 2.28. The first kappa shape index (κ1) is 12.0. The van der Waals surface area contributed by atoms with Crippen LogP contribution in [0, 0.1) is 0 Å². The highest BCUT2D eigenvalue weighted by Gasteiger charge is 2.22. The second kappa shape index (κ2) is 4.44. The summed E-state index contributed by atoms with van der Waals surface area (Å²) in [6.07, 6.45) is 0. The van der Waals surface area contributed by atoms with Crippen molar-refractivity contribution in [1.29, 1.82) is 0 Å². The first-order valence-electron chi connectivity index (χ1n) is 5.41. The van der Waals surface area contributed by atoms with Crippen LogP contribution in [0.3, 0.4) is 0 Å². The molecule has 0 radical (unpaired) electrons. The van der Waals surface area contributed by atoms with Crippen molar-refractivity contribution < 1.29 is 13.2 Å². The molecule has 6 heteroatoms. The zero-order valence-electron chi connectivity index (χ0n) is 9.72. The Morgan fingerprint density at radius 1 is 1.29 bits per heavy atom. The van der Waals surface area contributed by atoms with Gasteiger partial charge in [-0.05, 0) is 12.1 Å². The van der Waals surface area contributed by atoms with Crippen molar-refractivity contribution in [2.75, 3.05) is 42.3 Å². The standard InChI is InChI=1S/C11H16N2O3S/c1-16-9-2-3-11(10(12)8-9)13-4-6-17(14,15)7-5-13/h2-3,8H,4-7,12H2,1H3. The fraction of sp³-hybridized carbons (Fsp3) is 0.455. The second-order valence-electron chi connectivity index (χ2n) is 4.06. The number of nitrogens with zero attached hydrogens (tertiary/aromatic N) is 1. The predicted molar refractivity (Wildman–Crippen MR) is 68.3 cm³/mol. The largest absolute Gasteiger partial charge is 0.497 e. The fourth-order valence-electron chi connectivity index (χ4n) is 1.90. The summed E-state index contributed by atoms with van der Waals surface area (Å²) >= 11 is 0. The molecule has 0 amide bonds. The molecule has 1 aromatic carbocycles. The summed E-state index contributed by atoms with van der Waals surface area (Å²) in [5.41, 5.74) is 7.41. The molecule has 1 aliphatic rings. The summed E-state index contributed by atoms with van der Waals surface area (Å²) in [4.78, 5) is 2.00. The minimum absolute atomic E-state index is 0.193. The van der Waals surface area contributed by atoms with E-state index >= 15 is 0 Å². The summed E-state index contributed by atoms with van der Waals surface area (Å²) in [6, 6.07) is 5.44. The number of nitrogens with two attached hydrogens (primary N) is 1. The number of nitrogen functional groups attached to an aromatic ring is 1. The number of anilines is 2. The van der Waals surface area contributed by atoms with Gasteiger partial charge in [0.15, 0.2) is 9.84 Å². The van der Waals surface area contributed by atoms with Crippen LogP contribution < -0.4 is 15.4 Å².